The van der Waals surface area contributed by atoms with Gasteiger partial charge >= 0.3 is 0 Å². The van der Waals surface area contributed by atoms with Gasteiger partial charge in [0.1, 0.15) is 5.76 Å². The van der Waals surface area contributed by atoms with Crippen molar-refractivity contribution in [1.82, 2.24) is 4.98 Å². The number of thioether (sulfide) groups is 1. The van der Waals surface area contributed by atoms with Crippen LogP contribution in [0.15, 0.2) is 34.4 Å². The molecule has 1 amide bonds. The van der Waals surface area contributed by atoms with E-state index in [9.17, 15) is 4.79 Å². The van der Waals surface area contributed by atoms with Crippen molar-refractivity contribution in [1.29, 1.82) is 0 Å². The Hall–Kier alpha value is -1.27. The van der Waals surface area contributed by atoms with E-state index in [2.05, 4.69) is 10.3 Å². The summed E-state index contributed by atoms with van der Waals surface area (Å²) in [6.45, 7) is 1.87. The first kappa shape index (κ1) is 12.2. The number of carbonyl (C=O) groups excluding carboxylic acids is 1. The Bertz CT molecular complexity index is 454. The Kier molecular flexibility index (Phi) is 4.22. The average Bonchev–Trinajstić information content (AvgIpc) is 2.98. The summed E-state index contributed by atoms with van der Waals surface area (Å²) >= 11 is 2.95. The normalized spacial score (nSPS) is 12.3. The first-order valence-corrected chi connectivity index (χ1v) is 7.03. The summed E-state index contributed by atoms with van der Waals surface area (Å²) in [5.74, 6) is 1.54. The molecule has 0 aliphatic carbocycles. The van der Waals surface area contributed by atoms with E-state index in [1.165, 1.54) is 23.1 Å². The summed E-state index contributed by atoms with van der Waals surface area (Å²) in [7, 11) is 0. The number of hydrogen-bond acceptors (Lipinski definition) is 5. The van der Waals surface area contributed by atoms with Crippen molar-refractivity contribution >= 4 is 34.1 Å². The van der Waals surface area contributed by atoms with Crippen LogP contribution in [-0.4, -0.2) is 16.1 Å². The highest BCUT2D eigenvalue weighted by Gasteiger charge is 2.14. The Morgan fingerprint density at radius 3 is 3.24 bits per heavy atom. The molecule has 0 aliphatic rings. The van der Waals surface area contributed by atoms with Crippen LogP contribution >= 0.6 is 23.1 Å². The number of furan rings is 1. The lowest BCUT2D eigenvalue weighted by molar-refractivity contribution is -0.115. The Labute approximate surface area is 107 Å². The largest absolute Gasteiger partial charge is 0.468 e. The number of hydrogen-bond donors (Lipinski definition) is 1. The molecule has 0 aliphatic heterocycles. The maximum absolute atomic E-state index is 11.8. The van der Waals surface area contributed by atoms with Crippen LogP contribution in [0.25, 0.3) is 0 Å². The minimum Gasteiger partial charge on any atom is -0.468 e. The van der Waals surface area contributed by atoms with E-state index in [-0.39, 0.29) is 11.2 Å². The van der Waals surface area contributed by atoms with E-state index in [1.807, 2.05) is 24.4 Å². The molecule has 2 rings (SSSR count). The van der Waals surface area contributed by atoms with E-state index >= 15 is 0 Å². The molecule has 17 heavy (non-hydrogen) atoms. The fourth-order valence-corrected chi connectivity index (χ4v) is 2.49. The van der Waals surface area contributed by atoms with Gasteiger partial charge in [0.05, 0.1) is 17.3 Å². The first-order valence-electron chi connectivity index (χ1n) is 5.10. The van der Waals surface area contributed by atoms with Crippen LogP contribution in [0.3, 0.4) is 0 Å². The van der Waals surface area contributed by atoms with Gasteiger partial charge < -0.3 is 9.73 Å². The van der Waals surface area contributed by atoms with Gasteiger partial charge in [-0.05, 0) is 19.1 Å². The molecule has 0 saturated carbocycles. The lowest BCUT2D eigenvalue weighted by atomic mass is 10.4. The molecule has 6 heteroatoms. The predicted octanol–water partition coefficient (Wildman–Crippen LogP) is 3.00. The highest BCUT2D eigenvalue weighted by molar-refractivity contribution is 7.99. The topological polar surface area (TPSA) is 55.1 Å². The lowest BCUT2D eigenvalue weighted by Gasteiger charge is -2.09. The predicted molar refractivity (Wildman–Crippen MR) is 70.2 cm³/mol. The van der Waals surface area contributed by atoms with Crippen molar-refractivity contribution in [3.05, 3.63) is 35.7 Å². The third-order valence-corrected chi connectivity index (χ3v) is 3.94. The molecule has 2 heterocycles. The third-order valence-electron chi connectivity index (χ3n) is 2.09. The summed E-state index contributed by atoms with van der Waals surface area (Å²) in [4.78, 5) is 15.8. The second-order valence-corrected chi connectivity index (χ2v) is 5.58. The van der Waals surface area contributed by atoms with Crippen LogP contribution in [0.1, 0.15) is 12.7 Å². The second-order valence-electron chi connectivity index (χ2n) is 3.36. The van der Waals surface area contributed by atoms with Crippen molar-refractivity contribution < 1.29 is 9.21 Å². The molecule has 90 valence electrons. The minimum atomic E-state index is -0.135. The van der Waals surface area contributed by atoms with Gasteiger partial charge in [-0.2, -0.15) is 0 Å². The van der Waals surface area contributed by atoms with E-state index in [0.717, 1.165) is 5.76 Å². The molecule has 4 nitrogen and oxygen atoms in total. The molecule has 2 aromatic heterocycles. The molecule has 2 aromatic rings. The highest BCUT2D eigenvalue weighted by Crippen LogP contribution is 2.20. The second kappa shape index (κ2) is 5.88. The van der Waals surface area contributed by atoms with Crippen LogP contribution < -0.4 is 5.32 Å². The number of amides is 1. The molecule has 1 N–H and O–H groups in total. The van der Waals surface area contributed by atoms with Crippen LogP contribution in [0, 0.1) is 0 Å². The number of carbonyl (C=O) groups is 1. The highest BCUT2D eigenvalue weighted by atomic mass is 32.2. The number of aromatic nitrogens is 1. The van der Waals surface area contributed by atoms with Crippen molar-refractivity contribution in [3.8, 4) is 0 Å². The summed E-state index contributed by atoms with van der Waals surface area (Å²) in [6, 6.07) is 3.74. The first-order chi connectivity index (χ1) is 8.25. The zero-order chi connectivity index (χ0) is 12.1. The van der Waals surface area contributed by atoms with Crippen LogP contribution in [0.4, 0.5) is 5.13 Å². The van der Waals surface area contributed by atoms with Crippen LogP contribution in [0.2, 0.25) is 0 Å². The molecule has 0 aromatic carbocycles. The standard InChI is InChI=1S/C11H12N2O2S2/c1-8(17-7-9-3-2-5-15-9)10(14)13-11-12-4-6-16-11/h2-6,8H,7H2,1H3,(H,12,13,14). The van der Waals surface area contributed by atoms with Crippen LogP contribution in [0.5, 0.6) is 0 Å². The Balaban J connectivity index is 1.79. The molecule has 0 bridgehead atoms. The van der Waals surface area contributed by atoms with Gasteiger partial charge in [-0.3, -0.25) is 4.79 Å². The SMILES string of the molecule is CC(SCc1ccco1)C(=O)Nc1nccs1. The van der Waals surface area contributed by atoms with Crippen molar-refractivity contribution in [2.24, 2.45) is 0 Å². The summed E-state index contributed by atoms with van der Waals surface area (Å²) < 4.78 is 5.21. The number of thiazole rings is 1. The minimum absolute atomic E-state index is 0.0310. The zero-order valence-corrected chi connectivity index (χ0v) is 10.9. The summed E-state index contributed by atoms with van der Waals surface area (Å²) in [5, 5.41) is 5.10. The zero-order valence-electron chi connectivity index (χ0n) is 9.25. The monoisotopic (exact) mass is 268 g/mol. The summed E-state index contributed by atoms with van der Waals surface area (Å²) in [6.07, 6.45) is 3.30. The quantitative estimate of drug-likeness (QED) is 0.905. The van der Waals surface area contributed by atoms with E-state index in [1.54, 1.807) is 12.5 Å². The smallest absolute Gasteiger partial charge is 0.238 e. The molecule has 0 saturated heterocycles. The van der Waals surface area contributed by atoms with Gasteiger partial charge in [-0.1, -0.05) is 0 Å². The van der Waals surface area contributed by atoms with Crippen molar-refractivity contribution in [3.63, 3.8) is 0 Å². The van der Waals surface area contributed by atoms with Gasteiger partial charge in [-0.15, -0.1) is 23.1 Å². The van der Waals surface area contributed by atoms with Gasteiger partial charge in [0, 0.05) is 11.6 Å². The maximum atomic E-state index is 11.8. The number of rotatable bonds is 5. The van der Waals surface area contributed by atoms with Gasteiger partial charge in [-0.25, -0.2) is 4.98 Å². The molecule has 0 spiro atoms. The van der Waals surface area contributed by atoms with E-state index < -0.39 is 0 Å². The maximum Gasteiger partial charge on any atom is 0.238 e. The Morgan fingerprint density at radius 2 is 2.59 bits per heavy atom. The van der Waals surface area contributed by atoms with Crippen molar-refractivity contribution in [2.45, 2.75) is 17.9 Å². The van der Waals surface area contributed by atoms with Gasteiger partial charge in [0.25, 0.3) is 0 Å². The van der Waals surface area contributed by atoms with E-state index in [0.29, 0.717) is 10.9 Å². The van der Waals surface area contributed by atoms with Gasteiger partial charge in [0.2, 0.25) is 5.91 Å². The van der Waals surface area contributed by atoms with Gasteiger partial charge in [0.15, 0.2) is 5.13 Å². The lowest BCUT2D eigenvalue weighted by Crippen LogP contribution is -2.22. The third kappa shape index (κ3) is 3.61. The fraction of sp³-hybridized carbons (Fsp3) is 0.273. The fourth-order valence-electron chi connectivity index (χ4n) is 1.17. The molecule has 1 atom stereocenters. The average molecular weight is 268 g/mol. The molecule has 0 radical (unpaired) electrons. The number of nitrogens with zero attached hydrogens (tertiary/aromatic N) is 1. The summed E-state index contributed by atoms with van der Waals surface area (Å²) in [5.41, 5.74) is 0. The van der Waals surface area contributed by atoms with Crippen molar-refractivity contribution in [2.75, 3.05) is 5.32 Å². The molecule has 0 fully saturated rings. The van der Waals surface area contributed by atoms with E-state index in [4.69, 9.17) is 4.42 Å². The number of nitrogens with one attached hydrogen (secondary N) is 1. The number of anilines is 1. The Morgan fingerprint density at radius 1 is 1.71 bits per heavy atom. The molecular weight excluding hydrogens is 256 g/mol. The molecule has 1 unspecified atom stereocenters. The molecular formula is C11H12N2O2S2. The van der Waals surface area contributed by atoms with Crippen LogP contribution in [-0.2, 0) is 10.5 Å².